The van der Waals surface area contributed by atoms with E-state index in [1.807, 2.05) is 24.5 Å². The summed E-state index contributed by atoms with van der Waals surface area (Å²) in [6.07, 6.45) is 8.98. The molecule has 0 aliphatic rings. The Morgan fingerprint density at radius 1 is 1.25 bits per heavy atom. The van der Waals surface area contributed by atoms with Gasteiger partial charge in [0.2, 0.25) is 0 Å². The molecule has 0 atom stereocenters. The maximum absolute atomic E-state index is 9.91. The van der Waals surface area contributed by atoms with E-state index in [-0.39, 0.29) is 0 Å². The molecule has 0 N–H and O–H groups in total. The van der Waals surface area contributed by atoms with Gasteiger partial charge in [0.25, 0.3) is 0 Å². The van der Waals surface area contributed by atoms with Gasteiger partial charge in [-0.15, -0.1) is 0 Å². The molecule has 0 radical (unpaired) electrons. The Hall–Kier alpha value is -1.28. The number of halogens is 1. The zero-order valence-corrected chi connectivity index (χ0v) is 7.11. The molecule has 0 saturated carbocycles. The minimum Gasteiger partial charge on any atom is -0.314 e. The van der Waals surface area contributed by atoms with Gasteiger partial charge in [-0.2, -0.15) is 0 Å². The van der Waals surface area contributed by atoms with Crippen LogP contribution >= 0.6 is 11.6 Å². The smallest absolute Gasteiger partial charge is 0.142 e. The standard InChI is InChI=1S/C9H8ClNO/c10-9(5-1-4-8-12)11-6-2-3-7-11/h1-8H/b4-1+,9-5+. The van der Waals surface area contributed by atoms with Crippen molar-refractivity contribution in [2.75, 3.05) is 0 Å². The molecule has 0 spiro atoms. The van der Waals surface area contributed by atoms with Crippen LogP contribution in [0.5, 0.6) is 0 Å². The van der Waals surface area contributed by atoms with Gasteiger partial charge in [-0.3, -0.25) is 4.79 Å². The topological polar surface area (TPSA) is 22.0 Å². The van der Waals surface area contributed by atoms with Crippen LogP contribution in [0.2, 0.25) is 0 Å². The maximum Gasteiger partial charge on any atom is 0.142 e. The fraction of sp³-hybridized carbons (Fsp3) is 0. The van der Waals surface area contributed by atoms with Crippen molar-refractivity contribution in [2.24, 2.45) is 0 Å². The lowest BCUT2D eigenvalue weighted by molar-refractivity contribution is -0.104. The zero-order valence-electron chi connectivity index (χ0n) is 6.35. The van der Waals surface area contributed by atoms with Crippen molar-refractivity contribution in [3.8, 4) is 0 Å². The van der Waals surface area contributed by atoms with E-state index < -0.39 is 0 Å². The van der Waals surface area contributed by atoms with Crippen LogP contribution in [0.4, 0.5) is 0 Å². The third-order valence-electron chi connectivity index (χ3n) is 1.27. The summed E-state index contributed by atoms with van der Waals surface area (Å²) >= 11 is 5.84. The average Bonchev–Trinajstić information content (AvgIpc) is 2.56. The van der Waals surface area contributed by atoms with Crippen molar-refractivity contribution in [2.45, 2.75) is 0 Å². The molecule has 12 heavy (non-hydrogen) atoms. The van der Waals surface area contributed by atoms with Crippen LogP contribution in [0, 0.1) is 0 Å². The monoisotopic (exact) mass is 181 g/mol. The van der Waals surface area contributed by atoms with E-state index in [0.717, 1.165) is 0 Å². The SMILES string of the molecule is O=C/C=C/C=C(\Cl)n1cccc1. The fourth-order valence-corrected chi connectivity index (χ4v) is 0.929. The quantitative estimate of drug-likeness (QED) is 0.398. The minimum absolute atomic E-state index is 0.554. The lowest BCUT2D eigenvalue weighted by Crippen LogP contribution is -1.83. The normalized spacial score (nSPS) is 12.2. The molecule has 0 amide bonds. The van der Waals surface area contributed by atoms with Gasteiger partial charge in [-0.1, -0.05) is 17.7 Å². The predicted molar refractivity (Wildman–Crippen MR) is 49.8 cm³/mol. The van der Waals surface area contributed by atoms with E-state index in [1.165, 1.54) is 6.08 Å². The highest BCUT2D eigenvalue weighted by atomic mass is 35.5. The second-order valence-corrected chi connectivity index (χ2v) is 2.49. The van der Waals surface area contributed by atoms with Crippen LogP contribution in [0.3, 0.4) is 0 Å². The molecule has 62 valence electrons. The number of rotatable bonds is 3. The largest absolute Gasteiger partial charge is 0.314 e. The molecule has 1 heterocycles. The third-order valence-corrected chi connectivity index (χ3v) is 1.60. The number of hydrogen-bond donors (Lipinski definition) is 0. The molecule has 0 saturated heterocycles. The summed E-state index contributed by atoms with van der Waals surface area (Å²) in [5.41, 5.74) is 0. The summed E-state index contributed by atoms with van der Waals surface area (Å²) in [7, 11) is 0. The van der Waals surface area contributed by atoms with Gasteiger partial charge in [-0.05, 0) is 24.3 Å². The first kappa shape index (κ1) is 8.81. The van der Waals surface area contributed by atoms with Crippen LogP contribution in [-0.4, -0.2) is 10.9 Å². The van der Waals surface area contributed by atoms with Crippen LogP contribution < -0.4 is 0 Å². The van der Waals surface area contributed by atoms with E-state index in [9.17, 15) is 4.79 Å². The second-order valence-electron chi connectivity index (χ2n) is 2.10. The number of carbonyl (C=O) groups is 1. The van der Waals surface area contributed by atoms with Gasteiger partial charge in [0.1, 0.15) is 11.4 Å². The minimum atomic E-state index is 0.554. The molecule has 3 heteroatoms. The third kappa shape index (κ3) is 2.40. The Morgan fingerprint density at radius 3 is 2.50 bits per heavy atom. The van der Waals surface area contributed by atoms with Gasteiger partial charge in [-0.25, -0.2) is 0 Å². The van der Waals surface area contributed by atoms with E-state index in [0.29, 0.717) is 11.4 Å². The number of aromatic nitrogens is 1. The van der Waals surface area contributed by atoms with Crippen molar-refractivity contribution < 1.29 is 4.79 Å². The lowest BCUT2D eigenvalue weighted by Gasteiger charge is -1.96. The van der Waals surface area contributed by atoms with Crippen molar-refractivity contribution in [1.29, 1.82) is 0 Å². The van der Waals surface area contributed by atoms with Crippen LogP contribution in [0.15, 0.2) is 42.8 Å². The summed E-state index contributed by atoms with van der Waals surface area (Å²) in [6.45, 7) is 0. The molecule has 0 aliphatic carbocycles. The summed E-state index contributed by atoms with van der Waals surface area (Å²) in [5, 5.41) is 0.554. The highest BCUT2D eigenvalue weighted by Crippen LogP contribution is 2.09. The number of allylic oxidation sites excluding steroid dienone is 3. The molecule has 1 aromatic rings. The molecule has 0 bridgehead atoms. The average molecular weight is 182 g/mol. The number of carbonyl (C=O) groups excluding carboxylic acids is 1. The number of aldehydes is 1. The number of nitrogens with zero attached hydrogens (tertiary/aromatic N) is 1. The van der Waals surface area contributed by atoms with E-state index in [4.69, 9.17) is 11.6 Å². The van der Waals surface area contributed by atoms with Crippen LogP contribution in [0.25, 0.3) is 5.16 Å². The zero-order chi connectivity index (χ0) is 8.81. The van der Waals surface area contributed by atoms with Crippen molar-refractivity contribution >= 4 is 23.0 Å². The predicted octanol–water partition coefficient (Wildman–Crippen LogP) is 2.28. The molecular weight excluding hydrogens is 174 g/mol. The Labute approximate surface area is 75.8 Å². The van der Waals surface area contributed by atoms with Crippen molar-refractivity contribution in [1.82, 2.24) is 4.57 Å². The molecule has 0 aliphatic heterocycles. The molecule has 0 fully saturated rings. The van der Waals surface area contributed by atoms with Crippen LogP contribution in [0.1, 0.15) is 0 Å². The van der Waals surface area contributed by atoms with Crippen molar-refractivity contribution in [3.05, 3.63) is 42.8 Å². The summed E-state index contributed by atoms with van der Waals surface area (Å²) in [5.74, 6) is 0. The summed E-state index contributed by atoms with van der Waals surface area (Å²) in [6, 6.07) is 3.75. The molecule has 1 rings (SSSR count). The highest BCUT2D eigenvalue weighted by molar-refractivity contribution is 6.45. The van der Waals surface area contributed by atoms with Gasteiger partial charge in [0.05, 0.1) is 0 Å². The van der Waals surface area contributed by atoms with Crippen LogP contribution in [-0.2, 0) is 4.79 Å². The molecule has 0 aromatic carbocycles. The second kappa shape index (κ2) is 4.57. The first-order chi connectivity index (χ1) is 5.84. The molecular formula is C9H8ClNO. The van der Waals surface area contributed by atoms with E-state index >= 15 is 0 Å². The molecule has 1 aromatic heterocycles. The first-order valence-electron chi connectivity index (χ1n) is 3.45. The fourth-order valence-electron chi connectivity index (χ4n) is 0.743. The van der Waals surface area contributed by atoms with Gasteiger partial charge in [0, 0.05) is 12.4 Å². The number of hydrogen-bond acceptors (Lipinski definition) is 1. The van der Waals surface area contributed by atoms with Gasteiger partial charge in [0.15, 0.2) is 0 Å². The van der Waals surface area contributed by atoms with E-state index in [1.54, 1.807) is 16.7 Å². The maximum atomic E-state index is 9.91. The Morgan fingerprint density at radius 2 is 1.92 bits per heavy atom. The molecule has 0 unspecified atom stereocenters. The Bertz CT molecular complexity index is 298. The van der Waals surface area contributed by atoms with E-state index in [2.05, 4.69) is 0 Å². The van der Waals surface area contributed by atoms with Gasteiger partial charge < -0.3 is 4.57 Å². The lowest BCUT2D eigenvalue weighted by atomic mass is 10.5. The van der Waals surface area contributed by atoms with Crippen molar-refractivity contribution in [3.63, 3.8) is 0 Å². The Balaban J connectivity index is 2.71. The first-order valence-corrected chi connectivity index (χ1v) is 3.83. The highest BCUT2D eigenvalue weighted by Gasteiger charge is 1.89. The van der Waals surface area contributed by atoms with Gasteiger partial charge >= 0.3 is 0 Å². The Kier molecular flexibility index (Phi) is 3.35. The molecule has 2 nitrogen and oxygen atoms in total. The summed E-state index contributed by atoms with van der Waals surface area (Å²) in [4.78, 5) is 9.91. The summed E-state index contributed by atoms with van der Waals surface area (Å²) < 4.78 is 1.75.